The van der Waals surface area contributed by atoms with E-state index in [0.29, 0.717) is 11.1 Å². The smallest absolute Gasteiger partial charge is 0.411 e. The highest BCUT2D eigenvalue weighted by Gasteiger charge is 2.28. The molecule has 0 aliphatic heterocycles. The Morgan fingerprint density at radius 1 is 1.29 bits per heavy atom. The number of carbonyl (C=O) groups excluding carboxylic acids is 1. The predicted molar refractivity (Wildman–Crippen MR) is 68.4 cm³/mol. The van der Waals surface area contributed by atoms with Gasteiger partial charge in [0.2, 0.25) is 5.91 Å². The lowest BCUT2D eigenvalue weighted by Gasteiger charge is -2.13. The van der Waals surface area contributed by atoms with Crippen LogP contribution < -0.4 is 5.32 Å². The summed E-state index contributed by atoms with van der Waals surface area (Å²) >= 11 is 0. The lowest BCUT2D eigenvalue weighted by atomic mass is 10.0. The first kappa shape index (κ1) is 17.0. The molecule has 0 atom stereocenters. The van der Waals surface area contributed by atoms with Gasteiger partial charge in [-0.1, -0.05) is 6.07 Å². The molecule has 1 rings (SSSR count). The summed E-state index contributed by atoms with van der Waals surface area (Å²) in [6, 6.07) is 3.01. The molecular formula is C13H14F3NO4. The van der Waals surface area contributed by atoms with Crippen molar-refractivity contribution in [3.05, 3.63) is 28.8 Å². The van der Waals surface area contributed by atoms with Crippen LogP contribution in [-0.4, -0.2) is 36.4 Å². The molecular weight excluding hydrogens is 291 g/mol. The quantitative estimate of drug-likeness (QED) is 0.876. The first-order valence-electron chi connectivity index (χ1n) is 5.89. The van der Waals surface area contributed by atoms with E-state index in [4.69, 9.17) is 5.11 Å². The Morgan fingerprint density at radius 2 is 1.90 bits per heavy atom. The number of hydrogen-bond donors (Lipinski definition) is 2. The molecule has 0 heterocycles. The number of alkyl halides is 3. The van der Waals surface area contributed by atoms with Crippen molar-refractivity contribution in [2.75, 3.05) is 18.5 Å². The van der Waals surface area contributed by atoms with Crippen molar-refractivity contribution in [2.24, 2.45) is 0 Å². The Labute approximate surface area is 118 Å². The highest BCUT2D eigenvalue weighted by Crippen LogP contribution is 2.23. The van der Waals surface area contributed by atoms with E-state index >= 15 is 0 Å². The lowest BCUT2D eigenvalue weighted by molar-refractivity contribution is -0.174. The van der Waals surface area contributed by atoms with Gasteiger partial charge in [-0.2, -0.15) is 13.2 Å². The molecule has 2 N–H and O–H groups in total. The van der Waals surface area contributed by atoms with Gasteiger partial charge in [-0.25, -0.2) is 4.79 Å². The summed E-state index contributed by atoms with van der Waals surface area (Å²) in [5.41, 5.74) is 1.11. The van der Waals surface area contributed by atoms with Crippen molar-refractivity contribution in [2.45, 2.75) is 20.0 Å². The first-order chi connectivity index (χ1) is 9.60. The Hall–Kier alpha value is -2.09. The van der Waals surface area contributed by atoms with E-state index in [1.165, 1.54) is 6.07 Å². The van der Waals surface area contributed by atoms with Gasteiger partial charge in [0, 0.05) is 0 Å². The van der Waals surface area contributed by atoms with Gasteiger partial charge in [0.05, 0.1) is 11.3 Å². The van der Waals surface area contributed by atoms with Crippen molar-refractivity contribution in [3.8, 4) is 0 Å². The number of aryl methyl sites for hydroxylation is 2. The molecule has 0 bridgehead atoms. The van der Waals surface area contributed by atoms with Crippen molar-refractivity contribution < 1.29 is 32.6 Å². The highest BCUT2D eigenvalue weighted by molar-refractivity contribution is 6.02. The number of anilines is 1. The van der Waals surface area contributed by atoms with Gasteiger partial charge >= 0.3 is 12.1 Å². The maximum atomic E-state index is 11.9. The van der Waals surface area contributed by atoms with Gasteiger partial charge in [0.25, 0.3) is 0 Å². The second kappa shape index (κ2) is 6.57. The van der Waals surface area contributed by atoms with Crippen LogP contribution >= 0.6 is 0 Å². The minimum absolute atomic E-state index is 0.0497. The number of aromatic carboxylic acids is 1. The highest BCUT2D eigenvalue weighted by atomic mass is 19.4. The molecule has 1 aromatic carbocycles. The monoisotopic (exact) mass is 305 g/mol. The van der Waals surface area contributed by atoms with Crippen LogP contribution in [0.15, 0.2) is 12.1 Å². The van der Waals surface area contributed by atoms with Gasteiger partial charge in [-0.05, 0) is 31.0 Å². The summed E-state index contributed by atoms with van der Waals surface area (Å²) in [6.07, 6.45) is -4.52. The van der Waals surface area contributed by atoms with Crippen LogP contribution in [0.4, 0.5) is 18.9 Å². The Kier molecular flexibility index (Phi) is 5.31. The van der Waals surface area contributed by atoms with E-state index in [9.17, 15) is 22.8 Å². The van der Waals surface area contributed by atoms with Gasteiger partial charge in [-0.3, -0.25) is 4.79 Å². The van der Waals surface area contributed by atoms with E-state index in [0.717, 1.165) is 0 Å². The van der Waals surface area contributed by atoms with Crippen LogP contribution in [0, 0.1) is 13.8 Å². The van der Waals surface area contributed by atoms with Crippen LogP contribution in [-0.2, 0) is 9.53 Å². The zero-order valence-corrected chi connectivity index (χ0v) is 11.4. The van der Waals surface area contributed by atoms with Gasteiger partial charge in [0.15, 0.2) is 0 Å². The molecule has 0 saturated carbocycles. The molecule has 0 fully saturated rings. The average Bonchev–Trinajstić information content (AvgIpc) is 2.30. The minimum Gasteiger partial charge on any atom is -0.478 e. The molecule has 0 aromatic heterocycles. The number of ether oxygens (including phenoxy) is 1. The van der Waals surface area contributed by atoms with Crippen LogP contribution in [0.1, 0.15) is 21.5 Å². The molecule has 0 radical (unpaired) electrons. The second-order valence-corrected chi connectivity index (χ2v) is 4.47. The molecule has 0 unspecified atom stereocenters. The summed E-state index contributed by atoms with van der Waals surface area (Å²) in [5, 5.41) is 11.3. The van der Waals surface area contributed by atoms with Crippen LogP contribution in [0.25, 0.3) is 0 Å². The molecule has 116 valence electrons. The zero-order chi connectivity index (χ0) is 16.2. The molecule has 5 nitrogen and oxygen atoms in total. The maximum absolute atomic E-state index is 11.9. The molecule has 0 saturated heterocycles. The fourth-order valence-corrected chi connectivity index (χ4v) is 1.74. The Morgan fingerprint density at radius 3 is 2.43 bits per heavy atom. The van der Waals surface area contributed by atoms with E-state index in [-0.39, 0.29) is 11.3 Å². The van der Waals surface area contributed by atoms with Crippen LogP contribution in [0.3, 0.4) is 0 Å². The fraction of sp³-hybridized carbons (Fsp3) is 0.385. The van der Waals surface area contributed by atoms with Crippen molar-refractivity contribution in [3.63, 3.8) is 0 Å². The third kappa shape index (κ3) is 5.42. The summed E-state index contributed by atoms with van der Waals surface area (Å²) in [7, 11) is 0. The van der Waals surface area contributed by atoms with Gasteiger partial charge in [0.1, 0.15) is 13.2 Å². The molecule has 21 heavy (non-hydrogen) atoms. The summed E-state index contributed by atoms with van der Waals surface area (Å²) in [5.74, 6) is -2.10. The average molecular weight is 305 g/mol. The topological polar surface area (TPSA) is 75.6 Å². The minimum atomic E-state index is -4.52. The zero-order valence-electron chi connectivity index (χ0n) is 11.4. The maximum Gasteiger partial charge on any atom is 0.411 e. The summed E-state index contributed by atoms with van der Waals surface area (Å²) in [6.45, 7) is 0.925. The number of hydrogen-bond acceptors (Lipinski definition) is 3. The number of carbonyl (C=O) groups is 2. The van der Waals surface area contributed by atoms with Gasteiger partial charge < -0.3 is 15.2 Å². The molecule has 0 spiro atoms. The molecule has 1 amide bonds. The van der Waals surface area contributed by atoms with E-state index < -0.39 is 31.3 Å². The van der Waals surface area contributed by atoms with Crippen LogP contribution in [0.2, 0.25) is 0 Å². The number of nitrogens with one attached hydrogen (secondary N) is 1. The standard InChI is InChI=1S/C13H14F3NO4/c1-7-3-8(2)11(9(4-7)12(19)20)17-10(18)5-21-6-13(14,15)16/h3-4H,5-6H2,1-2H3,(H,17,18)(H,19,20). The van der Waals surface area contributed by atoms with Crippen molar-refractivity contribution in [1.29, 1.82) is 0 Å². The number of carboxylic acid groups (broad SMARTS) is 1. The number of amides is 1. The molecule has 8 heteroatoms. The fourth-order valence-electron chi connectivity index (χ4n) is 1.74. The third-order valence-corrected chi connectivity index (χ3v) is 2.47. The Bertz CT molecular complexity index is 555. The predicted octanol–water partition coefficient (Wildman–Crippen LogP) is 2.52. The van der Waals surface area contributed by atoms with Crippen molar-refractivity contribution in [1.82, 2.24) is 0 Å². The number of carboxylic acids is 1. The van der Waals surface area contributed by atoms with E-state index in [1.807, 2.05) is 0 Å². The van der Waals surface area contributed by atoms with Gasteiger partial charge in [-0.15, -0.1) is 0 Å². The second-order valence-electron chi connectivity index (χ2n) is 4.47. The Balaban J connectivity index is 2.79. The number of benzene rings is 1. The largest absolute Gasteiger partial charge is 0.478 e. The summed E-state index contributed by atoms with van der Waals surface area (Å²) < 4.78 is 39.8. The molecule has 0 aliphatic carbocycles. The third-order valence-electron chi connectivity index (χ3n) is 2.47. The number of halogens is 3. The normalized spacial score (nSPS) is 11.3. The van der Waals surface area contributed by atoms with Crippen LogP contribution in [0.5, 0.6) is 0 Å². The first-order valence-corrected chi connectivity index (χ1v) is 5.89. The van der Waals surface area contributed by atoms with E-state index in [1.54, 1.807) is 19.9 Å². The number of rotatable bonds is 5. The molecule has 1 aromatic rings. The van der Waals surface area contributed by atoms with Crippen molar-refractivity contribution >= 4 is 17.6 Å². The van der Waals surface area contributed by atoms with E-state index in [2.05, 4.69) is 10.1 Å². The summed E-state index contributed by atoms with van der Waals surface area (Å²) in [4.78, 5) is 22.6. The SMILES string of the molecule is Cc1cc(C)c(NC(=O)COCC(F)(F)F)c(C(=O)O)c1. The molecule has 0 aliphatic rings. The lowest BCUT2D eigenvalue weighted by Crippen LogP contribution is -2.25.